The van der Waals surface area contributed by atoms with E-state index >= 15 is 0 Å². The second-order valence-electron chi connectivity index (χ2n) is 7.56. The van der Waals surface area contributed by atoms with E-state index in [0.717, 1.165) is 29.1 Å². The Morgan fingerprint density at radius 3 is 2.33 bits per heavy atom. The van der Waals surface area contributed by atoms with Crippen molar-refractivity contribution in [3.8, 4) is 0 Å². The molecule has 0 bridgehead atoms. The third-order valence-corrected chi connectivity index (χ3v) is 5.62. The molecule has 1 aliphatic heterocycles. The molecular formula is C22H29N3O2. The van der Waals surface area contributed by atoms with E-state index in [1.165, 1.54) is 12.5 Å². The van der Waals surface area contributed by atoms with Gasteiger partial charge in [0.25, 0.3) is 5.91 Å². The number of aromatic nitrogens is 1. The van der Waals surface area contributed by atoms with Crippen molar-refractivity contribution in [2.24, 2.45) is 0 Å². The second-order valence-corrected chi connectivity index (χ2v) is 7.56. The molecule has 2 heterocycles. The fourth-order valence-corrected chi connectivity index (χ4v) is 4.20. The summed E-state index contributed by atoms with van der Waals surface area (Å²) >= 11 is 0. The molecule has 1 aromatic heterocycles. The number of aryl methyl sites for hydroxylation is 2. The van der Waals surface area contributed by atoms with Crippen LogP contribution in [0.25, 0.3) is 0 Å². The maximum Gasteiger partial charge on any atom is 0.255 e. The van der Waals surface area contributed by atoms with Gasteiger partial charge in [0, 0.05) is 43.9 Å². The zero-order valence-corrected chi connectivity index (χ0v) is 16.9. The monoisotopic (exact) mass is 367 g/mol. The van der Waals surface area contributed by atoms with Gasteiger partial charge in [-0.15, -0.1) is 0 Å². The Bertz CT molecular complexity index is 851. The maximum absolute atomic E-state index is 13.2. The van der Waals surface area contributed by atoms with Gasteiger partial charge in [-0.2, -0.15) is 0 Å². The van der Waals surface area contributed by atoms with Crippen LogP contribution in [0.15, 0.2) is 30.3 Å². The molecule has 1 fully saturated rings. The minimum atomic E-state index is -0.0659. The van der Waals surface area contributed by atoms with Crippen molar-refractivity contribution >= 4 is 11.8 Å². The number of nitrogens with one attached hydrogen (secondary N) is 1. The molecule has 0 saturated carbocycles. The minimum absolute atomic E-state index is 0.0489. The van der Waals surface area contributed by atoms with Gasteiger partial charge in [0.2, 0.25) is 5.91 Å². The molecule has 1 aromatic carbocycles. The van der Waals surface area contributed by atoms with Crippen LogP contribution < -0.4 is 5.32 Å². The molecule has 0 aliphatic carbocycles. The van der Waals surface area contributed by atoms with Crippen LogP contribution in [0.3, 0.4) is 0 Å². The van der Waals surface area contributed by atoms with Gasteiger partial charge < -0.3 is 14.8 Å². The Morgan fingerprint density at radius 1 is 1.11 bits per heavy atom. The van der Waals surface area contributed by atoms with Gasteiger partial charge in [-0.3, -0.25) is 9.59 Å². The SMILES string of the molecule is CCn1c(C)cc(C(=O)N2C[C@H](NC(C)=O)[C@@H](c3ccc(C)cc3)C2)c1C. The first-order chi connectivity index (χ1) is 12.8. The van der Waals surface area contributed by atoms with Crippen LogP contribution in [0.5, 0.6) is 0 Å². The number of amides is 2. The number of carbonyl (C=O) groups is 2. The highest BCUT2D eigenvalue weighted by Gasteiger charge is 2.37. The van der Waals surface area contributed by atoms with Crippen molar-refractivity contribution in [3.05, 3.63) is 58.4 Å². The smallest absolute Gasteiger partial charge is 0.255 e. The Labute approximate surface area is 161 Å². The summed E-state index contributed by atoms with van der Waals surface area (Å²) in [5.74, 6) is 0.0939. The number of hydrogen-bond donors (Lipinski definition) is 1. The molecule has 1 aliphatic rings. The highest BCUT2D eigenvalue weighted by atomic mass is 16.2. The van der Waals surface area contributed by atoms with Crippen LogP contribution in [-0.4, -0.2) is 40.4 Å². The standard InChI is InChI=1S/C22H29N3O2/c1-6-25-15(3)11-19(16(25)4)22(27)24-12-20(21(13-24)23-17(5)26)18-9-7-14(2)8-10-18/h7-11,20-21H,6,12-13H2,1-5H3,(H,23,26)/t20-,21+/m1/s1. The summed E-state index contributed by atoms with van der Waals surface area (Å²) in [6.07, 6.45) is 0. The number of hydrogen-bond acceptors (Lipinski definition) is 2. The van der Waals surface area contributed by atoms with E-state index in [0.29, 0.717) is 13.1 Å². The lowest BCUT2D eigenvalue weighted by Crippen LogP contribution is -2.39. The van der Waals surface area contributed by atoms with Crippen molar-refractivity contribution in [1.82, 2.24) is 14.8 Å². The highest BCUT2D eigenvalue weighted by Crippen LogP contribution is 2.30. The fraction of sp³-hybridized carbons (Fsp3) is 0.455. The van der Waals surface area contributed by atoms with Crippen LogP contribution in [0.2, 0.25) is 0 Å². The lowest BCUT2D eigenvalue weighted by atomic mass is 9.93. The summed E-state index contributed by atoms with van der Waals surface area (Å²) < 4.78 is 2.16. The molecule has 2 aromatic rings. The molecular weight excluding hydrogens is 338 g/mol. The number of nitrogens with zero attached hydrogens (tertiary/aromatic N) is 2. The molecule has 2 amide bonds. The largest absolute Gasteiger partial charge is 0.351 e. The molecule has 1 saturated heterocycles. The van der Waals surface area contributed by atoms with Gasteiger partial charge in [0.1, 0.15) is 0 Å². The van der Waals surface area contributed by atoms with E-state index in [4.69, 9.17) is 0 Å². The number of rotatable bonds is 4. The second kappa shape index (κ2) is 7.59. The molecule has 3 rings (SSSR count). The van der Waals surface area contributed by atoms with Gasteiger partial charge in [-0.05, 0) is 39.3 Å². The number of benzene rings is 1. The van der Waals surface area contributed by atoms with E-state index in [-0.39, 0.29) is 23.8 Å². The van der Waals surface area contributed by atoms with Crippen molar-refractivity contribution in [2.45, 2.75) is 53.1 Å². The van der Waals surface area contributed by atoms with E-state index in [1.54, 1.807) is 0 Å². The topological polar surface area (TPSA) is 54.3 Å². The summed E-state index contributed by atoms with van der Waals surface area (Å²) in [6.45, 7) is 11.7. The minimum Gasteiger partial charge on any atom is -0.351 e. The average molecular weight is 367 g/mol. The van der Waals surface area contributed by atoms with Gasteiger partial charge in [-0.25, -0.2) is 0 Å². The first-order valence-corrected chi connectivity index (χ1v) is 9.61. The summed E-state index contributed by atoms with van der Waals surface area (Å²) in [5, 5.41) is 3.05. The first-order valence-electron chi connectivity index (χ1n) is 9.61. The summed E-state index contributed by atoms with van der Waals surface area (Å²) in [5.41, 5.74) is 5.24. The lowest BCUT2D eigenvalue weighted by Gasteiger charge is -2.19. The summed E-state index contributed by atoms with van der Waals surface area (Å²) in [6, 6.07) is 10.3. The van der Waals surface area contributed by atoms with Crippen LogP contribution in [0.4, 0.5) is 0 Å². The van der Waals surface area contributed by atoms with Crippen molar-refractivity contribution < 1.29 is 9.59 Å². The molecule has 1 N–H and O–H groups in total. The van der Waals surface area contributed by atoms with Crippen LogP contribution in [0.1, 0.15) is 52.6 Å². The molecule has 0 unspecified atom stereocenters. The van der Waals surface area contributed by atoms with Crippen LogP contribution in [-0.2, 0) is 11.3 Å². The van der Waals surface area contributed by atoms with Crippen molar-refractivity contribution in [2.75, 3.05) is 13.1 Å². The lowest BCUT2D eigenvalue weighted by molar-refractivity contribution is -0.119. The normalized spacial score (nSPS) is 19.4. The third kappa shape index (κ3) is 3.77. The highest BCUT2D eigenvalue weighted by molar-refractivity contribution is 5.96. The molecule has 144 valence electrons. The maximum atomic E-state index is 13.2. The Kier molecular flexibility index (Phi) is 5.40. The zero-order chi connectivity index (χ0) is 19.7. The molecule has 2 atom stereocenters. The summed E-state index contributed by atoms with van der Waals surface area (Å²) in [7, 11) is 0. The molecule has 5 nitrogen and oxygen atoms in total. The molecule has 27 heavy (non-hydrogen) atoms. The Hall–Kier alpha value is -2.56. The first kappa shape index (κ1) is 19.2. The quantitative estimate of drug-likeness (QED) is 0.902. The number of likely N-dealkylation sites (tertiary alicyclic amines) is 1. The fourth-order valence-electron chi connectivity index (χ4n) is 4.20. The van der Waals surface area contributed by atoms with E-state index in [1.807, 2.05) is 24.8 Å². The number of carbonyl (C=O) groups excluding carboxylic acids is 2. The molecule has 0 spiro atoms. The van der Waals surface area contributed by atoms with E-state index in [2.05, 4.69) is 48.0 Å². The zero-order valence-electron chi connectivity index (χ0n) is 16.9. The van der Waals surface area contributed by atoms with Crippen LogP contribution in [0, 0.1) is 20.8 Å². The predicted octanol–water partition coefficient (Wildman–Crippen LogP) is 3.18. The third-order valence-electron chi connectivity index (χ3n) is 5.62. The summed E-state index contributed by atoms with van der Waals surface area (Å²) in [4.78, 5) is 26.8. The molecule has 5 heteroatoms. The van der Waals surface area contributed by atoms with Gasteiger partial charge in [0.15, 0.2) is 0 Å². The van der Waals surface area contributed by atoms with Gasteiger partial charge >= 0.3 is 0 Å². The Morgan fingerprint density at radius 2 is 1.78 bits per heavy atom. The Balaban J connectivity index is 1.87. The van der Waals surface area contributed by atoms with Crippen molar-refractivity contribution in [3.63, 3.8) is 0 Å². The molecule has 0 radical (unpaired) electrons. The predicted molar refractivity (Wildman–Crippen MR) is 107 cm³/mol. The van der Waals surface area contributed by atoms with Gasteiger partial charge in [0.05, 0.1) is 11.6 Å². The average Bonchev–Trinajstić information content (AvgIpc) is 3.15. The van der Waals surface area contributed by atoms with E-state index in [9.17, 15) is 9.59 Å². The van der Waals surface area contributed by atoms with E-state index < -0.39 is 0 Å². The van der Waals surface area contributed by atoms with Gasteiger partial charge in [-0.1, -0.05) is 29.8 Å². The van der Waals surface area contributed by atoms with Crippen molar-refractivity contribution in [1.29, 1.82) is 0 Å². The van der Waals surface area contributed by atoms with Crippen LogP contribution >= 0.6 is 0 Å².